The molecule has 5 N–H and O–H groups in total. The Balaban J connectivity index is 4.67. The maximum atomic E-state index is 10.7. The first-order chi connectivity index (χ1) is 5.08. The van der Waals surface area contributed by atoms with Crippen molar-refractivity contribution in [3.05, 3.63) is 24.0 Å². The molecule has 0 aliphatic carbocycles. The van der Waals surface area contributed by atoms with Crippen LogP contribution in [0.15, 0.2) is 24.0 Å². The number of hydrogen-bond donors (Lipinski definition) is 4. The molecule has 11 heavy (non-hydrogen) atoms. The second kappa shape index (κ2) is 3.96. The van der Waals surface area contributed by atoms with Gasteiger partial charge in [0.1, 0.15) is 0 Å². The SMILES string of the molecule is C=CN/C(=C\N)S(=O)(=O)NO. The largest absolute Gasteiger partial charge is 0.402 e. The summed E-state index contributed by atoms with van der Waals surface area (Å²) < 4.78 is 21.4. The smallest absolute Gasteiger partial charge is 0.279 e. The summed E-state index contributed by atoms with van der Waals surface area (Å²) >= 11 is 0. The molecule has 0 amide bonds. The lowest BCUT2D eigenvalue weighted by Gasteiger charge is -2.03. The van der Waals surface area contributed by atoms with E-state index < -0.39 is 10.0 Å². The summed E-state index contributed by atoms with van der Waals surface area (Å²) in [6.45, 7) is 3.21. The monoisotopic (exact) mass is 179 g/mol. The minimum Gasteiger partial charge on any atom is -0.402 e. The quantitative estimate of drug-likeness (QED) is 0.405. The number of rotatable bonds is 4. The highest BCUT2D eigenvalue weighted by molar-refractivity contribution is 7.93. The summed E-state index contributed by atoms with van der Waals surface area (Å²) in [6.07, 6.45) is 1.91. The summed E-state index contributed by atoms with van der Waals surface area (Å²) in [5.74, 6) is 0. The third-order valence-corrected chi connectivity index (χ3v) is 1.88. The van der Waals surface area contributed by atoms with Crippen LogP contribution in [0.3, 0.4) is 0 Å². The fourth-order valence-electron chi connectivity index (χ4n) is 0.365. The van der Waals surface area contributed by atoms with Crippen LogP contribution in [0, 0.1) is 0 Å². The number of sulfonamides is 1. The van der Waals surface area contributed by atoms with E-state index in [0.29, 0.717) is 0 Å². The summed E-state index contributed by atoms with van der Waals surface area (Å²) in [6, 6.07) is 0. The van der Waals surface area contributed by atoms with Crippen molar-refractivity contribution in [3.8, 4) is 0 Å². The minimum atomic E-state index is -3.91. The summed E-state index contributed by atoms with van der Waals surface area (Å²) in [5.41, 5.74) is 4.92. The Hall–Kier alpha value is -1.05. The molecule has 0 aromatic heterocycles. The lowest BCUT2D eigenvalue weighted by atomic mass is 10.8. The molecule has 0 saturated carbocycles. The average Bonchev–Trinajstić information content (AvgIpc) is 2.00. The van der Waals surface area contributed by atoms with Gasteiger partial charge in [0, 0.05) is 6.20 Å². The first-order valence-corrected chi connectivity index (χ1v) is 4.02. The molecule has 0 bridgehead atoms. The van der Waals surface area contributed by atoms with Crippen molar-refractivity contribution in [2.75, 3.05) is 0 Å². The van der Waals surface area contributed by atoms with Crippen molar-refractivity contribution in [2.45, 2.75) is 0 Å². The van der Waals surface area contributed by atoms with Crippen molar-refractivity contribution >= 4 is 10.0 Å². The zero-order chi connectivity index (χ0) is 8.91. The number of nitrogens with two attached hydrogens (primary N) is 1. The first kappa shape index (κ1) is 9.95. The highest BCUT2D eigenvalue weighted by Gasteiger charge is 2.13. The van der Waals surface area contributed by atoms with E-state index in [4.69, 9.17) is 10.9 Å². The van der Waals surface area contributed by atoms with Gasteiger partial charge in [-0.05, 0) is 6.20 Å². The van der Waals surface area contributed by atoms with E-state index in [-0.39, 0.29) is 5.03 Å². The molecule has 0 unspecified atom stereocenters. The Bertz CT molecular complexity index is 256. The van der Waals surface area contributed by atoms with E-state index in [0.717, 1.165) is 17.3 Å². The van der Waals surface area contributed by atoms with Crippen LogP contribution in [0.2, 0.25) is 0 Å². The van der Waals surface area contributed by atoms with Gasteiger partial charge < -0.3 is 16.3 Å². The van der Waals surface area contributed by atoms with Crippen LogP contribution < -0.4 is 15.9 Å². The van der Waals surface area contributed by atoms with Crippen LogP contribution in [0.5, 0.6) is 0 Å². The van der Waals surface area contributed by atoms with Gasteiger partial charge in [0.25, 0.3) is 10.0 Å². The van der Waals surface area contributed by atoms with E-state index in [1.54, 1.807) is 0 Å². The van der Waals surface area contributed by atoms with Crippen molar-refractivity contribution in [3.63, 3.8) is 0 Å². The molecule has 0 aliphatic rings. The van der Waals surface area contributed by atoms with Crippen LogP contribution in [0.4, 0.5) is 0 Å². The van der Waals surface area contributed by atoms with Gasteiger partial charge in [0.15, 0.2) is 5.03 Å². The molecule has 64 valence electrons. The molecular weight excluding hydrogens is 170 g/mol. The Labute approximate surface area is 64.4 Å². The van der Waals surface area contributed by atoms with Crippen LogP contribution >= 0.6 is 0 Å². The topological polar surface area (TPSA) is 104 Å². The molecule has 0 atom stereocenters. The summed E-state index contributed by atoms with van der Waals surface area (Å²) in [7, 11) is -3.91. The molecule has 0 spiro atoms. The number of nitrogens with one attached hydrogen (secondary N) is 2. The Morgan fingerprint density at radius 1 is 1.64 bits per heavy atom. The van der Waals surface area contributed by atoms with Gasteiger partial charge in [-0.2, -0.15) is 0 Å². The van der Waals surface area contributed by atoms with Crippen molar-refractivity contribution in [1.29, 1.82) is 0 Å². The maximum absolute atomic E-state index is 10.7. The van der Waals surface area contributed by atoms with Crippen LogP contribution in [-0.2, 0) is 10.0 Å². The molecule has 0 fully saturated rings. The zero-order valence-corrected chi connectivity index (χ0v) is 6.43. The minimum absolute atomic E-state index is 0.366. The summed E-state index contributed by atoms with van der Waals surface area (Å²) in [4.78, 5) is 1.09. The third kappa shape index (κ3) is 2.58. The van der Waals surface area contributed by atoms with Gasteiger partial charge in [0.05, 0.1) is 0 Å². The summed E-state index contributed by atoms with van der Waals surface area (Å²) in [5, 5.41) is 9.96. The molecule has 0 saturated heterocycles. The third-order valence-electron chi connectivity index (χ3n) is 0.805. The van der Waals surface area contributed by atoms with E-state index in [2.05, 4.69) is 11.9 Å². The predicted octanol–water partition coefficient (Wildman–Crippen LogP) is -1.21. The maximum Gasteiger partial charge on any atom is 0.279 e. The Morgan fingerprint density at radius 2 is 2.18 bits per heavy atom. The highest BCUT2D eigenvalue weighted by atomic mass is 32.2. The molecule has 0 aliphatic heterocycles. The second-order valence-corrected chi connectivity index (χ2v) is 3.10. The van der Waals surface area contributed by atoms with Gasteiger partial charge in [-0.25, -0.2) is 8.42 Å². The van der Waals surface area contributed by atoms with E-state index in [9.17, 15) is 8.42 Å². The lowest BCUT2D eigenvalue weighted by Crippen LogP contribution is -2.27. The first-order valence-electron chi connectivity index (χ1n) is 2.53. The fourth-order valence-corrected chi connectivity index (χ4v) is 0.881. The van der Waals surface area contributed by atoms with Crippen LogP contribution in [0.1, 0.15) is 0 Å². The van der Waals surface area contributed by atoms with Gasteiger partial charge in [-0.3, -0.25) is 0 Å². The molecule has 0 heterocycles. The molecule has 6 nitrogen and oxygen atoms in total. The Morgan fingerprint density at radius 3 is 2.45 bits per heavy atom. The van der Waals surface area contributed by atoms with Crippen molar-refractivity contribution < 1.29 is 13.6 Å². The zero-order valence-electron chi connectivity index (χ0n) is 5.61. The molecule has 0 rings (SSSR count). The van der Waals surface area contributed by atoms with Gasteiger partial charge in [0.2, 0.25) is 0 Å². The Kier molecular flexibility index (Phi) is 3.58. The molecule has 0 aromatic rings. The second-order valence-electron chi connectivity index (χ2n) is 1.47. The van der Waals surface area contributed by atoms with Gasteiger partial charge in [-0.1, -0.05) is 11.5 Å². The van der Waals surface area contributed by atoms with Crippen molar-refractivity contribution in [1.82, 2.24) is 10.2 Å². The van der Waals surface area contributed by atoms with Crippen LogP contribution in [-0.4, -0.2) is 13.6 Å². The molecule has 0 radical (unpaired) electrons. The average molecular weight is 179 g/mol. The van der Waals surface area contributed by atoms with Gasteiger partial charge >= 0.3 is 0 Å². The van der Waals surface area contributed by atoms with Gasteiger partial charge in [-0.15, -0.1) is 0 Å². The fraction of sp³-hybridized carbons (Fsp3) is 0. The predicted molar refractivity (Wildman–Crippen MR) is 39.4 cm³/mol. The standard InChI is InChI=1S/C4H9N3O3S/c1-2-6-4(3-5)11(9,10)7-8/h2-3,6-8H,1,5H2/b4-3+. The van der Waals surface area contributed by atoms with Crippen LogP contribution in [0.25, 0.3) is 0 Å². The van der Waals surface area contributed by atoms with E-state index >= 15 is 0 Å². The molecular formula is C4H9N3O3S. The van der Waals surface area contributed by atoms with E-state index in [1.807, 2.05) is 0 Å². The lowest BCUT2D eigenvalue weighted by molar-refractivity contribution is 0.243. The molecule has 7 heteroatoms. The number of hydrogen-bond acceptors (Lipinski definition) is 5. The highest BCUT2D eigenvalue weighted by Crippen LogP contribution is 1.95. The van der Waals surface area contributed by atoms with E-state index in [1.165, 1.54) is 0 Å². The normalized spacial score (nSPS) is 12.6. The van der Waals surface area contributed by atoms with Crippen molar-refractivity contribution in [2.24, 2.45) is 5.73 Å². The molecule has 0 aromatic carbocycles.